The smallest absolute Gasteiger partial charge is 0.326 e. The molecular weight excluding hydrogens is 278 g/mol. The van der Waals surface area contributed by atoms with Crippen LogP contribution in [-0.4, -0.2) is 44.4 Å². The van der Waals surface area contributed by atoms with Gasteiger partial charge in [0, 0.05) is 6.54 Å². The van der Waals surface area contributed by atoms with Crippen molar-refractivity contribution < 1.29 is 19.1 Å². The van der Waals surface area contributed by atoms with Gasteiger partial charge in [-0.3, -0.25) is 9.59 Å². The quantitative estimate of drug-likeness (QED) is 0.832. The van der Waals surface area contributed by atoms with Crippen LogP contribution in [0.15, 0.2) is 15.5 Å². The van der Waals surface area contributed by atoms with Crippen LogP contribution in [-0.2, 0) is 4.79 Å². The maximum absolute atomic E-state index is 12.6. The first-order valence-electron chi connectivity index (χ1n) is 6.51. The summed E-state index contributed by atoms with van der Waals surface area (Å²) in [7, 11) is 0. The second kappa shape index (κ2) is 4.72. The third-order valence-corrected chi connectivity index (χ3v) is 3.68. The lowest BCUT2D eigenvalue weighted by molar-refractivity contribution is -0.141. The molecule has 1 aliphatic rings. The molecule has 2 aromatic rings. The van der Waals surface area contributed by atoms with Gasteiger partial charge in [0.15, 0.2) is 0 Å². The van der Waals surface area contributed by atoms with Gasteiger partial charge >= 0.3 is 5.97 Å². The molecule has 2 N–H and O–H groups in total. The van der Waals surface area contributed by atoms with E-state index >= 15 is 0 Å². The number of carbonyl (C=O) groups excluding carboxylic acids is 1. The minimum atomic E-state index is -1.04. The highest BCUT2D eigenvalue weighted by atomic mass is 16.4. The zero-order chi connectivity index (χ0) is 15.1. The van der Waals surface area contributed by atoms with Crippen molar-refractivity contribution in [3.8, 4) is 0 Å². The van der Waals surface area contributed by atoms with Gasteiger partial charge in [-0.15, -0.1) is 0 Å². The second-order valence-electron chi connectivity index (χ2n) is 4.94. The van der Waals surface area contributed by atoms with E-state index in [0.29, 0.717) is 19.4 Å². The summed E-state index contributed by atoms with van der Waals surface area (Å²) in [6.07, 6.45) is 2.22. The maximum atomic E-state index is 12.6. The summed E-state index contributed by atoms with van der Waals surface area (Å²) in [4.78, 5) is 43.3. The van der Waals surface area contributed by atoms with E-state index in [9.17, 15) is 14.4 Å². The molecule has 21 heavy (non-hydrogen) atoms. The van der Waals surface area contributed by atoms with Crippen molar-refractivity contribution in [2.45, 2.75) is 25.8 Å². The third kappa shape index (κ3) is 1.99. The topological polar surface area (TPSA) is 117 Å². The number of nitrogens with one attached hydrogen (secondary N) is 1. The number of hydrogen-bond donors (Lipinski definition) is 2. The van der Waals surface area contributed by atoms with Crippen LogP contribution in [0.3, 0.4) is 0 Å². The Morgan fingerprint density at radius 1 is 1.52 bits per heavy atom. The Morgan fingerprint density at radius 3 is 3.00 bits per heavy atom. The van der Waals surface area contributed by atoms with Gasteiger partial charge in [-0.1, -0.05) is 0 Å². The van der Waals surface area contributed by atoms with E-state index in [1.807, 2.05) is 0 Å². The van der Waals surface area contributed by atoms with E-state index in [0.717, 1.165) is 0 Å². The number of aromatic amines is 1. The van der Waals surface area contributed by atoms with Gasteiger partial charge in [-0.05, 0) is 19.8 Å². The van der Waals surface area contributed by atoms with Crippen molar-refractivity contribution in [1.29, 1.82) is 0 Å². The van der Waals surface area contributed by atoms with E-state index < -0.39 is 23.5 Å². The van der Waals surface area contributed by atoms with Gasteiger partial charge in [0.25, 0.3) is 11.5 Å². The van der Waals surface area contributed by atoms with Gasteiger partial charge < -0.3 is 19.4 Å². The number of rotatable bonds is 2. The molecular formula is C13H13N3O5. The molecule has 1 aliphatic heterocycles. The van der Waals surface area contributed by atoms with Crippen LogP contribution in [0.5, 0.6) is 0 Å². The molecule has 0 aromatic carbocycles. The van der Waals surface area contributed by atoms with Gasteiger partial charge in [0.05, 0.1) is 11.9 Å². The van der Waals surface area contributed by atoms with Crippen LogP contribution < -0.4 is 5.56 Å². The molecule has 1 atom stereocenters. The molecule has 0 radical (unpaired) electrons. The number of aliphatic carboxylic acids is 1. The number of fused-ring (bicyclic) bond motifs is 1. The van der Waals surface area contributed by atoms with E-state index in [1.54, 1.807) is 6.92 Å². The Hall–Kier alpha value is -2.64. The first-order chi connectivity index (χ1) is 10.0. The fourth-order valence-corrected chi connectivity index (χ4v) is 2.72. The van der Waals surface area contributed by atoms with Crippen LogP contribution in [0.4, 0.5) is 0 Å². The van der Waals surface area contributed by atoms with Crippen LogP contribution >= 0.6 is 0 Å². The lowest BCUT2D eigenvalue weighted by Crippen LogP contribution is -2.40. The van der Waals surface area contributed by atoms with E-state index in [-0.39, 0.29) is 22.4 Å². The zero-order valence-corrected chi connectivity index (χ0v) is 11.3. The molecule has 0 bridgehead atoms. The van der Waals surface area contributed by atoms with Crippen LogP contribution in [0.1, 0.15) is 29.0 Å². The molecule has 1 amide bonds. The second-order valence-corrected chi connectivity index (χ2v) is 4.94. The van der Waals surface area contributed by atoms with Crippen molar-refractivity contribution in [2.75, 3.05) is 6.54 Å². The largest absolute Gasteiger partial charge is 0.480 e. The van der Waals surface area contributed by atoms with Crippen LogP contribution in [0.2, 0.25) is 0 Å². The molecule has 3 heterocycles. The number of carboxylic acid groups (broad SMARTS) is 1. The van der Waals surface area contributed by atoms with E-state index in [4.69, 9.17) is 9.52 Å². The number of aryl methyl sites for hydroxylation is 1. The molecule has 0 saturated carbocycles. The van der Waals surface area contributed by atoms with Crippen molar-refractivity contribution in [2.24, 2.45) is 0 Å². The number of H-pyrrole nitrogens is 1. The van der Waals surface area contributed by atoms with Gasteiger partial charge in [-0.25, -0.2) is 9.78 Å². The normalized spacial score (nSPS) is 18.3. The summed E-state index contributed by atoms with van der Waals surface area (Å²) >= 11 is 0. The Bertz CT molecular complexity index is 791. The molecule has 3 rings (SSSR count). The lowest BCUT2D eigenvalue weighted by Gasteiger charge is -2.21. The summed E-state index contributed by atoms with van der Waals surface area (Å²) in [5, 5.41) is 9.24. The number of hydrogen-bond acceptors (Lipinski definition) is 5. The average Bonchev–Trinajstić information content (AvgIpc) is 3.02. The first kappa shape index (κ1) is 13.3. The summed E-state index contributed by atoms with van der Waals surface area (Å²) < 4.78 is 5.33. The highest BCUT2D eigenvalue weighted by molar-refractivity contribution is 6.07. The fraction of sp³-hybridized carbons (Fsp3) is 0.385. The summed E-state index contributed by atoms with van der Waals surface area (Å²) in [5.41, 5.74) is -0.315. The minimum Gasteiger partial charge on any atom is -0.480 e. The molecule has 2 aromatic heterocycles. The monoisotopic (exact) mass is 291 g/mol. The number of nitrogens with zero attached hydrogens (tertiary/aromatic N) is 2. The zero-order valence-electron chi connectivity index (χ0n) is 11.3. The number of carboxylic acids is 1. The number of amides is 1. The minimum absolute atomic E-state index is 0.0658. The number of aromatic nitrogens is 2. The Kier molecular flexibility index (Phi) is 3.00. The van der Waals surface area contributed by atoms with E-state index in [2.05, 4.69) is 9.97 Å². The van der Waals surface area contributed by atoms with Crippen molar-refractivity contribution >= 4 is 23.0 Å². The highest BCUT2D eigenvalue weighted by Crippen LogP contribution is 2.26. The number of likely N-dealkylation sites (tertiary alicyclic amines) is 1. The number of furan rings is 1. The third-order valence-electron chi connectivity index (χ3n) is 3.68. The van der Waals surface area contributed by atoms with Crippen molar-refractivity contribution in [3.63, 3.8) is 0 Å². The molecule has 1 fully saturated rings. The number of carbonyl (C=O) groups is 2. The average molecular weight is 291 g/mol. The fourth-order valence-electron chi connectivity index (χ4n) is 2.72. The van der Waals surface area contributed by atoms with Gasteiger partial charge in [-0.2, -0.15) is 0 Å². The predicted molar refractivity (Wildman–Crippen MR) is 71.1 cm³/mol. The molecule has 110 valence electrons. The Balaban J connectivity index is 2.12. The van der Waals surface area contributed by atoms with Crippen molar-refractivity contribution in [3.05, 3.63) is 28.0 Å². The Labute approximate surface area is 118 Å². The lowest BCUT2D eigenvalue weighted by atomic mass is 10.1. The predicted octanol–water partition coefficient (Wildman–Crippen LogP) is 0.514. The summed E-state index contributed by atoms with van der Waals surface area (Å²) in [6, 6.07) is -0.863. The molecule has 0 aliphatic carbocycles. The van der Waals surface area contributed by atoms with Gasteiger partial charge in [0.2, 0.25) is 5.71 Å². The molecule has 8 heteroatoms. The summed E-state index contributed by atoms with van der Waals surface area (Å²) in [5.74, 6) is -1.29. The molecule has 0 unspecified atom stereocenters. The maximum Gasteiger partial charge on any atom is 0.326 e. The highest BCUT2D eigenvalue weighted by Gasteiger charge is 2.37. The van der Waals surface area contributed by atoms with Crippen LogP contribution in [0, 0.1) is 6.92 Å². The molecule has 1 saturated heterocycles. The molecule has 0 spiro atoms. The van der Waals surface area contributed by atoms with Crippen molar-refractivity contribution in [1.82, 2.24) is 14.9 Å². The van der Waals surface area contributed by atoms with Crippen LogP contribution in [0.25, 0.3) is 11.1 Å². The Morgan fingerprint density at radius 2 is 2.29 bits per heavy atom. The molecule has 8 nitrogen and oxygen atoms in total. The SMILES string of the molecule is Cc1oc2nc[nH]c(=O)c2c1C(=O)N1CCC[C@H]1C(=O)O. The standard InChI is InChI=1S/C13H13N3O5/c1-6-8(9-10(17)14-5-15-11(9)21-6)12(18)16-4-2-3-7(16)13(19)20/h5,7H,2-4H2,1H3,(H,19,20)(H,14,15,17)/t7-/m0/s1. The van der Waals surface area contributed by atoms with Gasteiger partial charge in [0.1, 0.15) is 17.2 Å². The summed E-state index contributed by atoms with van der Waals surface area (Å²) in [6.45, 7) is 1.90. The van der Waals surface area contributed by atoms with E-state index in [1.165, 1.54) is 11.2 Å². The first-order valence-corrected chi connectivity index (χ1v) is 6.51.